The Labute approximate surface area is 232 Å². The Kier molecular flexibility index (Phi) is 8.23. The Bertz CT molecular complexity index is 1520. The maximum atomic E-state index is 13.7. The van der Waals surface area contributed by atoms with Crippen molar-refractivity contribution in [2.75, 3.05) is 19.5 Å². The number of anilines is 1. The van der Waals surface area contributed by atoms with Crippen LogP contribution in [-0.4, -0.2) is 35.9 Å². The Balaban J connectivity index is 1.88. The molecule has 1 amide bonds. The second-order valence-electron chi connectivity index (χ2n) is 10.4. The Morgan fingerprint density at radius 2 is 1.52 bits per heavy atom. The quantitative estimate of drug-likeness (QED) is 0.249. The molecule has 0 aliphatic rings. The number of hydrogen-bond acceptors (Lipinski definition) is 6. The molecule has 4 aromatic rings. The number of amides is 1. The first-order chi connectivity index (χ1) is 19.0. The van der Waals surface area contributed by atoms with Gasteiger partial charge in [0, 0.05) is 24.6 Å². The number of rotatable bonds is 8. The van der Waals surface area contributed by atoms with Gasteiger partial charge in [-0.15, -0.1) is 0 Å². The van der Waals surface area contributed by atoms with Crippen molar-refractivity contribution in [2.45, 2.75) is 34.1 Å². The van der Waals surface area contributed by atoms with Crippen LogP contribution in [0.5, 0.6) is 17.4 Å². The first kappa shape index (κ1) is 28.4. The molecule has 1 aromatic heterocycles. The number of carbonyl (C=O) groups is 2. The first-order valence-corrected chi connectivity index (χ1v) is 12.7. The van der Waals surface area contributed by atoms with Gasteiger partial charge in [-0.1, -0.05) is 32.9 Å². The fourth-order valence-corrected chi connectivity index (χ4v) is 4.24. The summed E-state index contributed by atoms with van der Waals surface area (Å²) in [6.07, 6.45) is 0.374. The van der Waals surface area contributed by atoms with Gasteiger partial charge in [0.05, 0.1) is 25.5 Å². The van der Waals surface area contributed by atoms with Gasteiger partial charge in [0.2, 0.25) is 11.8 Å². The lowest BCUT2D eigenvalue weighted by Gasteiger charge is -2.17. The van der Waals surface area contributed by atoms with E-state index in [1.807, 2.05) is 39.0 Å². The molecule has 0 fully saturated rings. The molecule has 0 bridgehead atoms. The largest absolute Gasteiger partial charge is 0.493 e. The molecule has 208 valence electrons. The maximum absolute atomic E-state index is 13.7. The molecule has 0 spiro atoms. The zero-order chi connectivity index (χ0) is 29.0. The zero-order valence-corrected chi connectivity index (χ0v) is 23.4. The topological polar surface area (TPSA) is 91.7 Å². The third kappa shape index (κ3) is 6.48. The smallest absolute Gasteiger partial charge is 0.309 e. The minimum atomic E-state index is -0.547. The average molecular weight is 546 g/mol. The number of methoxy groups -OCH3 is 2. The van der Waals surface area contributed by atoms with E-state index in [0.717, 1.165) is 0 Å². The second-order valence-corrected chi connectivity index (χ2v) is 10.4. The highest BCUT2D eigenvalue weighted by molar-refractivity contribution is 5.92. The lowest BCUT2D eigenvalue weighted by atomic mass is 9.92. The minimum Gasteiger partial charge on any atom is -0.493 e. The summed E-state index contributed by atoms with van der Waals surface area (Å²) in [5.74, 6) is 0.155. The van der Waals surface area contributed by atoms with Gasteiger partial charge in [-0.05, 0) is 65.6 Å². The van der Waals surface area contributed by atoms with Crippen LogP contribution in [0.15, 0.2) is 66.7 Å². The van der Waals surface area contributed by atoms with Gasteiger partial charge in [0.25, 0.3) is 0 Å². The van der Waals surface area contributed by atoms with E-state index in [1.54, 1.807) is 43.5 Å². The van der Waals surface area contributed by atoms with E-state index in [1.165, 1.54) is 30.8 Å². The third-order valence-corrected chi connectivity index (χ3v) is 5.96. The van der Waals surface area contributed by atoms with Gasteiger partial charge >= 0.3 is 5.97 Å². The number of nitrogens with zero attached hydrogens (tertiary/aromatic N) is 2. The van der Waals surface area contributed by atoms with Crippen LogP contribution in [0.4, 0.5) is 10.1 Å². The Morgan fingerprint density at radius 3 is 2.10 bits per heavy atom. The summed E-state index contributed by atoms with van der Waals surface area (Å²) < 4.78 is 31.8. The lowest BCUT2D eigenvalue weighted by Crippen LogP contribution is -2.19. The van der Waals surface area contributed by atoms with E-state index in [9.17, 15) is 14.0 Å². The molecule has 9 heteroatoms. The molecule has 0 aliphatic carbocycles. The van der Waals surface area contributed by atoms with Gasteiger partial charge in [-0.2, -0.15) is 9.78 Å². The van der Waals surface area contributed by atoms with E-state index < -0.39 is 11.8 Å². The number of halogens is 1. The summed E-state index contributed by atoms with van der Waals surface area (Å²) in [6, 6.07) is 18.2. The molecule has 0 atom stereocenters. The SMILES string of the molecule is COc1ccc(-c2nn(-c3ccc(F)cc3)c(OC(C)=O)c2-c2ccc(NC(=O)CC(C)(C)C)cc2)cc1OC. The predicted octanol–water partition coefficient (Wildman–Crippen LogP) is 6.66. The molecule has 1 N–H and O–H groups in total. The fraction of sp³-hybridized carbons (Fsp3) is 0.258. The van der Waals surface area contributed by atoms with Gasteiger partial charge < -0.3 is 19.5 Å². The highest BCUT2D eigenvalue weighted by atomic mass is 19.1. The van der Waals surface area contributed by atoms with E-state index >= 15 is 0 Å². The Morgan fingerprint density at radius 1 is 0.900 bits per heavy atom. The van der Waals surface area contributed by atoms with Crippen molar-refractivity contribution in [3.8, 4) is 45.5 Å². The van der Waals surface area contributed by atoms with Crippen LogP contribution in [0.3, 0.4) is 0 Å². The summed E-state index contributed by atoms with van der Waals surface area (Å²) in [5.41, 5.74) is 3.35. The summed E-state index contributed by atoms with van der Waals surface area (Å²) in [6.45, 7) is 7.30. The van der Waals surface area contributed by atoms with Crippen molar-refractivity contribution in [1.82, 2.24) is 9.78 Å². The third-order valence-electron chi connectivity index (χ3n) is 5.96. The molecule has 40 heavy (non-hydrogen) atoms. The van der Waals surface area contributed by atoms with Crippen LogP contribution in [0.2, 0.25) is 0 Å². The van der Waals surface area contributed by atoms with Crippen molar-refractivity contribution in [1.29, 1.82) is 0 Å². The normalized spacial score (nSPS) is 11.2. The monoisotopic (exact) mass is 545 g/mol. The second kappa shape index (κ2) is 11.6. The highest BCUT2D eigenvalue weighted by Gasteiger charge is 2.25. The van der Waals surface area contributed by atoms with E-state index in [-0.39, 0.29) is 17.2 Å². The van der Waals surface area contributed by atoms with Gasteiger partial charge in [-0.3, -0.25) is 9.59 Å². The molecule has 0 radical (unpaired) electrons. The highest BCUT2D eigenvalue weighted by Crippen LogP contribution is 2.43. The van der Waals surface area contributed by atoms with Crippen molar-refractivity contribution in [3.05, 3.63) is 72.5 Å². The molecule has 8 nitrogen and oxygen atoms in total. The first-order valence-electron chi connectivity index (χ1n) is 12.7. The molecule has 0 saturated carbocycles. The molecule has 4 rings (SSSR count). The predicted molar refractivity (Wildman–Crippen MR) is 152 cm³/mol. The number of esters is 1. The fourth-order valence-electron chi connectivity index (χ4n) is 4.24. The van der Waals surface area contributed by atoms with Crippen LogP contribution in [0.25, 0.3) is 28.1 Å². The lowest BCUT2D eigenvalue weighted by molar-refractivity contribution is -0.132. The van der Waals surface area contributed by atoms with Gasteiger partial charge in [0.1, 0.15) is 11.5 Å². The number of carbonyl (C=O) groups excluding carboxylic acids is 2. The number of aromatic nitrogens is 2. The summed E-state index contributed by atoms with van der Waals surface area (Å²) in [7, 11) is 3.09. The van der Waals surface area contributed by atoms with Crippen LogP contribution in [0, 0.1) is 11.2 Å². The van der Waals surface area contributed by atoms with E-state index in [0.29, 0.717) is 51.7 Å². The van der Waals surface area contributed by atoms with Crippen LogP contribution >= 0.6 is 0 Å². The summed E-state index contributed by atoms with van der Waals surface area (Å²) in [5, 5.41) is 7.73. The number of nitrogens with one attached hydrogen (secondary N) is 1. The van der Waals surface area contributed by atoms with E-state index in [4.69, 9.17) is 19.3 Å². The van der Waals surface area contributed by atoms with Crippen LogP contribution in [-0.2, 0) is 9.59 Å². The van der Waals surface area contributed by atoms with Crippen molar-refractivity contribution in [2.24, 2.45) is 5.41 Å². The molecule has 0 saturated heterocycles. The summed E-state index contributed by atoms with van der Waals surface area (Å²) in [4.78, 5) is 24.7. The molecule has 0 aliphatic heterocycles. The molecule has 0 unspecified atom stereocenters. The number of ether oxygens (including phenoxy) is 3. The summed E-state index contributed by atoms with van der Waals surface area (Å²) >= 11 is 0. The van der Waals surface area contributed by atoms with Crippen molar-refractivity contribution in [3.63, 3.8) is 0 Å². The Hall–Kier alpha value is -4.66. The van der Waals surface area contributed by atoms with Gasteiger partial charge in [0.15, 0.2) is 11.5 Å². The minimum absolute atomic E-state index is 0.0870. The molecular weight excluding hydrogens is 513 g/mol. The zero-order valence-electron chi connectivity index (χ0n) is 23.4. The van der Waals surface area contributed by atoms with Gasteiger partial charge in [-0.25, -0.2) is 4.39 Å². The number of benzene rings is 3. The van der Waals surface area contributed by atoms with Crippen molar-refractivity contribution >= 4 is 17.6 Å². The van der Waals surface area contributed by atoms with Crippen LogP contribution < -0.4 is 19.5 Å². The van der Waals surface area contributed by atoms with Crippen LogP contribution in [0.1, 0.15) is 34.1 Å². The molecule has 1 heterocycles. The van der Waals surface area contributed by atoms with E-state index in [2.05, 4.69) is 5.32 Å². The van der Waals surface area contributed by atoms with Crippen molar-refractivity contribution < 1.29 is 28.2 Å². The standard InChI is InChI=1S/C31H32FN3O5/c1-19(36)40-30-28(20-7-12-23(13-8-20)33-27(37)18-31(2,3)4)29(21-9-16-25(38-5)26(17-21)39-6)34-35(30)24-14-10-22(32)11-15-24/h7-17H,18H2,1-6H3,(H,33,37). The maximum Gasteiger partial charge on any atom is 0.309 e. The molecule has 3 aromatic carbocycles. The number of hydrogen-bond donors (Lipinski definition) is 1. The average Bonchev–Trinajstić information content (AvgIpc) is 3.26. The molecular formula is C31H32FN3O5.